The first-order valence-corrected chi connectivity index (χ1v) is 6.11. The quantitative estimate of drug-likeness (QED) is 0.810. The zero-order valence-corrected chi connectivity index (χ0v) is 9.92. The molecule has 1 fully saturated rings. The maximum Gasteiger partial charge on any atom is 0.0335 e. The molecular weight excluding hydrogens is 184 g/mol. The Balaban J connectivity index is 2.29. The number of aryl methyl sites for hydroxylation is 1. The van der Waals surface area contributed by atoms with Gasteiger partial charge >= 0.3 is 0 Å². The van der Waals surface area contributed by atoms with E-state index in [1.165, 1.54) is 42.6 Å². The number of rotatable bonds is 3. The molecular formula is C13H22N2. The molecule has 0 amide bonds. The highest BCUT2D eigenvalue weighted by Gasteiger charge is 2.20. The predicted octanol–water partition coefficient (Wildman–Crippen LogP) is 2.72. The van der Waals surface area contributed by atoms with Crippen LogP contribution in [0.1, 0.15) is 48.7 Å². The third kappa shape index (κ3) is 1.96. The summed E-state index contributed by atoms with van der Waals surface area (Å²) in [5.74, 6) is 0. The maximum atomic E-state index is 5.63. The van der Waals surface area contributed by atoms with Crippen LogP contribution >= 0.6 is 0 Å². The van der Waals surface area contributed by atoms with E-state index in [2.05, 4.69) is 24.5 Å². The Bertz CT molecular complexity index is 333. The third-order valence-electron chi connectivity index (χ3n) is 3.69. The second-order valence-electron chi connectivity index (χ2n) is 4.74. The maximum absolute atomic E-state index is 5.63. The van der Waals surface area contributed by atoms with E-state index >= 15 is 0 Å². The molecule has 0 atom stereocenters. The molecule has 2 rings (SSSR count). The van der Waals surface area contributed by atoms with Gasteiger partial charge in [-0.15, -0.1) is 0 Å². The molecule has 0 aromatic carbocycles. The van der Waals surface area contributed by atoms with E-state index in [-0.39, 0.29) is 0 Å². The lowest BCUT2D eigenvalue weighted by molar-refractivity contribution is 0.499. The molecule has 84 valence electrons. The number of nitrogens with zero attached hydrogens (tertiary/aromatic N) is 1. The van der Waals surface area contributed by atoms with Crippen LogP contribution in [0, 0.1) is 13.8 Å². The first kappa shape index (κ1) is 10.7. The van der Waals surface area contributed by atoms with Crippen molar-refractivity contribution in [1.82, 2.24) is 4.57 Å². The number of hydrogen-bond donors (Lipinski definition) is 1. The Morgan fingerprint density at radius 2 is 2.00 bits per heavy atom. The van der Waals surface area contributed by atoms with E-state index in [1.807, 2.05) is 0 Å². The van der Waals surface area contributed by atoms with Crippen LogP contribution in [0.5, 0.6) is 0 Å². The largest absolute Gasteiger partial charge is 0.346 e. The molecule has 0 radical (unpaired) electrons. The van der Waals surface area contributed by atoms with Gasteiger partial charge in [0.2, 0.25) is 0 Å². The van der Waals surface area contributed by atoms with Crippen molar-refractivity contribution in [2.75, 3.05) is 6.54 Å². The summed E-state index contributed by atoms with van der Waals surface area (Å²) < 4.78 is 2.54. The van der Waals surface area contributed by atoms with E-state index in [4.69, 9.17) is 5.73 Å². The van der Waals surface area contributed by atoms with Crippen LogP contribution in [0.3, 0.4) is 0 Å². The first-order valence-electron chi connectivity index (χ1n) is 6.11. The fourth-order valence-corrected chi connectivity index (χ4v) is 2.98. The van der Waals surface area contributed by atoms with E-state index in [9.17, 15) is 0 Å². The van der Waals surface area contributed by atoms with Gasteiger partial charge in [0.1, 0.15) is 0 Å². The van der Waals surface area contributed by atoms with Gasteiger partial charge in [-0.2, -0.15) is 0 Å². The lowest BCUT2D eigenvalue weighted by Crippen LogP contribution is -2.09. The van der Waals surface area contributed by atoms with Crippen molar-refractivity contribution in [2.45, 2.75) is 52.0 Å². The first-order chi connectivity index (χ1) is 7.24. The zero-order valence-electron chi connectivity index (χ0n) is 9.92. The predicted molar refractivity (Wildman–Crippen MR) is 64.2 cm³/mol. The van der Waals surface area contributed by atoms with E-state index in [1.54, 1.807) is 0 Å². The molecule has 1 aromatic rings. The molecule has 2 nitrogen and oxygen atoms in total. The summed E-state index contributed by atoms with van der Waals surface area (Å²) in [7, 11) is 0. The van der Waals surface area contributed by atoms with Crippen LogP contribution in [0.15, 0.2) is 6.07 Å². The summed E-state index contributed by atoms with van der Waals surface area (Å²) in [5, 5.41) is 0. The van der Waals surface area contributed by atoms with Crippen molar-refractivity contribution in [2.24, 2.45) is 5.73 Å². The Morgan fingerprint density at radius 3 is 2.60 bits per heavy atom. The Kier molecular flexibility index (Phi) is 3.15. The van der Waals surface area contributed by atoms with Gasteiger partial charge in [0, 0.05) is 17.4 Å². The zero-order chi connectivity index (χ0) is 10.8. The summed E-state index contributed by atoms with van der Waals surface area (Å²) >= 11 is 0. The summed E-state index contributed by atoms with van der Waals surface area (Å²) in [5.41, 5.74) is 9.95. The highest BCUT2D eigenvalue weighted by atomic mass is 15.0. The molecule has 1 saturated carbocycles. The van der Waals surface area contributed by atoms with Gasteiger partial charge < -0.3 is 10.3 Å². The summed E-state index contributed by atoms with van der Waals surface area (Å²) in [4.78, 5) is 0. The van der Waals surface area contributed by atoms with Gasteiger partial charge in [-0.25, -0.2) is 0 Å². The topological polar surface area (TPSA) is 30.9 Å². The molecule has 0 unspecified atom stereocenters. The lowest BCUT2D eigenvalue weighted by atomic mass is 10.2. The Hall–Kier alpha value is -0.760. The smallest absolute Gasteiger partial charge is 0.0335 e. The van der Waals surface area contributed by atoms with Gasteiger partial charge in [-0.05, 0) is 51.3 Å². The minimum absolute atomic E-state index is 0.759. The molecule has 0 bridgehead atoms. The van der Waals surface area contributed by atoms with Crippen molar-refractivity contribution >= 4 is 0 Å². The standard InChI is InChI=1S/C13H22N2/c1-10-9-12(7-8-14)11(2)15(10)13-5-3-4-6-13/h9,13H,3-8,14H2,1-2H3. The molecule has 0 aliphatic heterocycles. The van der Waals surface area contributed by atoms with Crippen LogP contribution in [-0.4, -0.2) is 11.1 Å². The van der Waals surface area contributed by atoms with E-state index in [0.29, 0.717) is 0 Å². The SMILES string of the molecule is Cc1cc(CCN)c(C)n1C1CCCC1. The van der Waals surface area contributed by atoms with Gasteiger partial charge in [0.25, 0.3) is 0 Å². The van der Waals surface area contributed by atoms with Crippen molar-refractivity contribution in [3.05, 3.63) is 23.0 Å². The lowest BCUT2D eigenvalue weighted by Gasteiger charge is -2.17. The Morgan fingerprint density at radius 1 is 1.33 bits per heavy atom. The number of nitrogens with two attached hydrogens (primary N) is 1. The van der Waals surface area contributed by atoms with Crippen LogP contribution in [-0.2, 0) is 6.42 Å². The van der Waals surface area contributed by atoms with Crippen LogP contribution < -0.4 is 5.73 Å². The molecule has 1 heterocycles. The van der Waals surface area contributed by atoms with Crippen molar-refractivity contribution in [3.8, 4) is 0 Å². The minimum Gasteiger partial charge on any atom is -0.346 e. The average Bonchev–Trinajstić information content (AvgIpc) is 2.77. The highest BCUT2D eigenvalue weighted by molar-refractivity contribution is 5.28. The van der Waals surface area contributed by atoms with E-state index < -0.39 is 0 Å². The molecule has 1 aliphatic carbocycles. The number of aromatic nitrogens is 1. The van der Waals surface area contributed by atoms with Crippen LogP contribution in [0.4, 0.5) is 0 Å². The van der Waals surface area contributed by atoms with Crippen LogP contribution in [0.25, 0.3) is 0 Å². The summed E-state index contributed by atoms with van der Waals surface area (Å²) in [6.45, 7) is 5.23. The molecule has 1 aliphatic rings. The van der Waals surface area contributed by atoms with Gasteiger partial charge in [0.15, 0.2) is 0 Å². The fourth-order valence-electron chi connectivity index (χ4n) is 2.98. The van der Waals surface area contributed by atoms with Crippen molar-refractivity contribution < 1.29 is 0 Å². The van der Waals surface area contributed by atoms with Gasteiger partial charge in [0.05, 0.1) is 0 Å². The monoisotopic (exact) mass is 206 g/mol. The molecule has 2 heteroatoms. The van der Waals surface area contributed by atoms with Crippen molar-refractivity contribution in [1.29, 1.82) is 0 Å². The molecule has 1 aromatic heterocycles. The second kappa shape index (κ2) is 4.40. The highest BCUT2D eigenvalue weighted by Crippen LogP contribution is 2.33. The molecule has 0 saturated heterocycles. The van der Waals surface area contributed by atoms with Crippen molar-refractivity contribution in [3.63, 3.8) is 0 Å². The molecule has 2 N–H and O–H groups in total. The van der Waals surface area contributed by atoms with E-state index in [0.717, 1.165) is 19.0 Å². The second-order valence-corrected chi connectivity index (χ2v) is 4.74. The van der Waals surface area contributed by atoms with Crippen LogP contribution in [0.2, 0.25) is 0 Å². The summed E-state index contributed by atoms with van der Waals surface area (Å²) in [6.07, 6.45) is 6.53. The molecule has 0 spiro atoms. The normalized spacial score (nSPS) is 17.5. The Labute approximate surface area is 92.5 Å². The fraction of sp³-hybridized carbons (Fsp3) is 0.692. The third-order valence-corrected chi connectivity index (χ3v) is 3.69. The summed E-state index contributed by atoms with van der Waals surface area (Å²) in [6, 6.07) is 3.08. The molecule has 15 heavy (non-hydrogen) atoms. The minimum atomic E-state index is 0.759. The van der Waals surface area contributed by atoms with Gasteiger partial charge in [-0.3, -0.25) is 0 Å². The van der Waals surface area contributed by atoms with Gasteiger partial charge in [-0.1, -0.05) is 12.8 Å². The number of hydrogen-bond acceptors (Lipinski definition) is 1. The average molecular weight is 206 g/mol.